The Morgan fingerprint density at radius 3 is 2.41 bits per heavy atom. The molecule has 5 heteroatoms. The Morgan fingerprint density at radius 1 is 1.04 bits per heavy atom. The summed E-state index contributed by atoms with van der Waals surface area (Å²) in [7, 11) is 0. The fourth-order valence-corrected chi connectivity index (χ4v) is 2.96. The van der Waals surface area contributed by atoms with Crippen LogP contribution in [0.25, 0.3) is 0 Å². The first-order valence-electron chi connectivity index (χ1n) is 9.40. The van der Waals surface area contributed by atoms with Crippen molar-refractivity contribution < 1.29 is 14.3 Å². The number of ether oxygens (including phenoxy) is 2. The van der Waals surface area contributed by atoms with Gasteiger partial charge in [0.05, 0.1) is 19.3 Å². The first-order chi connectivity index (χ1) is 12.8. The zero-order valence-corrected chi connectivity index (χ0v) is 16.5. The van der Waals surface area contributed by atoms with Gasteiger partial charge >= 0.3 is 0 Å². The van der Waals surface area contributed by atoms with Gasteiger partial charge in [-0.1, -0.05) is 23.8 Å². The number of carbonyl (C=O) groups is 1. The molecule has 0 radical (unpaired) electrons. The van der Waals surface area contributed by atoms with Crippen LogP contribution < -0.4 is 20.1 Å². The van der Waals surface area contributed by atoms with Crippen LogP contribution in [0.15, 0.2) is 42.5 Å². The molecule has 1 unspecified atom stereocenters. The Bertz CT molecular complexity index is 800. The molecule has 0 saturated heterocycles. The predicted molar refractivity (Wildman–Crippen MR) is 107 cm³/mol. The van der Waals surface area contributed by atoms with Gasteiger partial charge in [0, 0.05) is 12.1 Å². The van der Waals surface area contributed by atoms with Crippen LogP contribution in [0.3, 0.4) is 0 Å². The van der Waals surface area contributed by atoms with Crippen molar-refractivity contribution in [2.24, 2.45) is 0 Å². The Balaban J connectivity index is 1.67. The highest BCUT2D eigenvalue weighted by Crippen LogP contribution is 2.32. The summed E-state index contributed by atoms with van der Waals surface area (Å²) in [5, 5.41) is 6.40. The van der Waals surface area contributed by atoms with Gasteiger partial charge in [-0.3, -0.25) is 4.79 Å². The molecule has 1 atom stereocenters. The second kappa shape index (κ2) is 7.91. The average molecular weight is 368 g/mol. The van der Waals surface area contributed by atoms with Gasteiger partial charge in [0.1, 0.15) is 5.54 Å². The van der Waals surface area contributed by atoms with Crippen LogP contribution in [0.5, 0.6) is 11.5 Å². The van der Waals surface area contributed by atoms with Crippen molar-refractivity contribution in [2.45, 2.75) is 45.7 Å². The van der Waals surface area contributed by atoms with Crippen molar-refractivity contribution in [1.82, 2.24) is 5.32 Å². The van der Waals surface area contributed by atoms with E-state index in [4.69, 9.17) is 9.47 Å². The number of rotatable bonds is 5. The first kappa shape index (κ1) is 19.1. The fourth-order valence-electron chi connectivity index (χ4n) is 2.96. The average Bonchev–Trinajstić information content (AvgIpc) is 2.88. The molecule has 0 saturated carbocycles. The van der Waals surface area contributed by atoms with E-state index in [-0.39, 0.29) is 11.9 Å². The lowest BCUT2D eigenvalue weighted by atomic mass is 10.0. The number of fused-ring (bicyclic) bond motifs is 1. The lowest BCUT2D eigenvalue weighted by molar-refractivity contribution is -0.125. The van der Waals surface area contributed by atoms with Crippen LogP contribution in [0.2, 0.25) is 0 Å². The fraction of sp³-hybridized carbons (Fsp3) is 0.409. The maximum Gasteiger partial charge on any atom is 0.245 e. The van der Waals surface area contributed by atoms with Gasteiger partial charge in [-0.05, 0) is 57.5 Å². The van der Waals surface area contributed by atoms with Gasteiger partial charge in [-0.25, -0.2) is 0 Å². The van der Waals surface area contributed by atoms with Crippen LogP contribution in [0, 0.1) is 6.92 Å². The number of anilines is 1. The van der Waals surface area contributed by atoms with Crippen molar-refractivity contribution in [2.75, 3.05) is 18.5 Å². The van der Waals surface area contributed by atoms with Crippen LogP contribution in [0.4, 0.5) is 5.69 Å². The Hall–Kier alpha value is -2.69. The maximum atomic E-state index is 12.8. The van der Waals surface area contributed by atoms with Gasteiger partial charge in [-0.2, -0.15) is 0 Å². The molecule has 0 aromatic heterocycles. The van der Waals surface area contributed by atoms with Gasteiger partial charge in [-0.15, -0.1) is 0 Å². The quantitative estimate of drug-likeness (QED) is 0.829. The molecule has 144 valence electrons. The largest absolute Gasteiger partial charge is 0.490 e. The minimum atomic E-state index is -0.741. The third-order valence-corrected chi connectivity index (χ3v) is 4.70. The molecule has 0 spiro atoms. The van der Waals surface area contributed by atoms with E-state index in [2.05, 4.69) is 10.6 Å². The number of hydrogen-bond donors (Lipinski definition) is 2. The van der Waals surface area contributed by atoms with Crippen LogP contribution >= 0.6 is 0 Å². The van der Waals surface area contributed by atoms with E-state index in [1.54, 1.807) is 0 Å². The predicted octanol–water partition coefficient (Wildman–Crippen LogP) is 4.22. The molecular formula is C22H28N2O3. The second-order valence-electron chi connectivity index (χ2n) is 7.57. The summed E-state index contributed by atoms with van der Waals surface area (Å²) in [6, 6.07) is 13.7. The summed E-state index contributed by atoms with van der Waals surface area (Å²) in [5.74, 6) is 1.43. The number of aryl methyl sites for hydroxylation is 1. The molecule has 0 fully saturated rings. The minimum absolute atomic E-state index is 0.0670. The zero-order valence-electron chi connectivity index (χ0n) is 16.5. The van der Waals surface area contributed by atoms with Crippen LogP contribution in [0.1, 0.15) is 44.4 Å². The molecule has 2 aromatic carbocycles. The summed E-state index contributed by atoms with van der Waals surface area (Å²) in [4.78, 5) is 12.8. The topological polar surface area (TPSA) is 59.6 Å². The van der Waals surface area contributed by atoms with Crippen molar-refractivity contribution in [3.63, 3.8) is 0 Å². The van der Waals surface area contributed by atoms with Crippen molar-refractivity contribution >= 4 is 11.6 Å². The lowest BCUT2D eigenvalue weighted by Crippen LogP contribution is -2.48. The summed E-state index contributed by atoms with van der Waals surface area (Å²) in [6.07, 6.45) is 0.870. The van der Waals surface area contributed by atoms with E-state index in [1.165, 1.54) is 5.56 Å². The zero-order chi connectivity index (χ0) is 19.4. The molecule has 5 nitrogen and oxygen atoms in total. The van der Waals surface area contributed by atoms with Crippen LogP contribution in [-0.2, 0) is 4.79 Å². The molecule has 2 aromatic rings. The molecule has 2 N–H and O–H groups in total. The first-order valence-corrected chi connectivity index (χ1v) is 9.40. The third-order valence-electron chi connectivity index (χ3n) is 4.70. The van der Waals surface area contributed by atoms with E-state index >= 15 is 0 Å². The number of carbonyl (C=O) groups excluding carboxylic acids is 1. The Morgan fingerprint density at radius 2 is 1.70 bits per heavy atom. The number of benzene rings is 2. The SMILES string of the molecule is Cc1ccc(NC(C)(C)C(=O)NC(C)c2ccc3c(c2)OCCCO3)cc1. The van der Waals surface area contributed by atoms with E-state index in [1.807, 2.05) is 70.2 Å². The van der Waals surface area contributed by atoms with Gasteiger partial charge in [0.15, 0.2) is 11.5 Å². The smallest absolute Gasteiger partial charge is 0.245 e. The standard InChI is InChI=1S/C22H28N2O3/c1-15-6-9-18(10-7-15)24-22(3,4)21(25)23-16(2)17-8-11-19-20(14-17)27-13-5-12-26-19/h6-11,14,16,24H,5,12-13H2,1-4H3,(H,23,25). The lowest BCUT2D eigenvalue weighted by Gasteiger charge is -2.28. The van der Waals surface area contributed by atoms with Crippen molar-refractivity contribution in [1.29, 1.82) is 0 Å². The van der Waals surface area contributed by atoms with Crippen molar-refractivity contribution in [3.05, 3.63) is 53.6 Å². The summed E-state index contributed by atoms with van der Waals surface area (Å²) < 4.78 is 11.4. The normalized spacial score (nSPS) is 14.8. The highest BCUT2D eigenvalue weighted by Gasteiger charge is 2.29. The molecule has 1 heterocycles. The molecule has 1 aliphatic rings. The van der Waals surface area contributed by atoms with Gasteiger partial charge in [0.25, 0.3) is 0 Å². The number of hydrogen-bond acceptors (Lipinski definition) is 4. The molecule has 1 aliphatic heterocycles. The Labute approximate surface area is 161 Å². The summed E-state index contributed by atoms with van der Waals surface area (Å²) >= 11 is 0. The van der Waals surface area contributed by atoms with Gasteiger partial charge in [0.2, 0.25) is 5.91 Å². The molecule has 3 rings (SSSR count). The van der Waals surface area contributed by atoms with Gasteiger partial charge < -0.3 is 20.1 Å². The molecule has 0 bridgehead atoms. The maximum absolute atomic E-state index is 12.8. The summed E-state index contributed by atoms with van der Waals surface area (Å²) in [5.41, 5.74) is 2.35. The molecule has 27 heavy (non-hydrogen) atoms. The highest BCUT2D eigenvalue weighted by atomic mass is 16.5. The number of nitrogens with one attached hydrogen (secondary N) is 2. The highest BCUT2D eigenvalue weighted by molar-refractivity contribution is 5.88. The minimum Gasteiger partial charge on any atom is -0.490 e. The third kappa shape index (κ3) is 4.73. The second-order valence-corrected chi connectivity index (χ2v) is 7.57. The van der Waals surface area contributed by atoms with E-state index < -0.39 is 5.54 Å². The van der Waals surface area contributed by atoms with E-state index in [0.717, 1.165) is 29.2 Å². The van der Waals surface area contributed by atoms with E-state index in [9.17, 15) is 4.79 Å². The van der Waals surface area contributed by atoms with E-state index in [0.29, 0.717) is 13.2 Å². The molecular weight excluding hydrogens is 340 g/mol. The molecule has 0 aliphatic carbocycles. The Kier molecular flexibility index (Phi) is 5.59. The molecule has 1 amide bonds. The van der Waals surface area contributed by atoms with Crippen LogP contribution in [-0.4, -0.2) is 24.7 Å². The monoisotopic (exact) mass is 368 g/mol. The summed E-state index contributed by atoms with van der Waals surface area (Å²) in [6.45, 7) is 9.08. The van der Waals surface area contributed by atoms with Crippen molar-refractivity contribution in [3.8, 4) is 11.5 Å². The number of amides is 1.